The molecule has 1 fully saturated rings. The van der Waals surface area contributed by atoms with Crippen molar-refractivity contribution in [3.05, 3.63) is 51.5 Å². The van der Waals surface area contributed by atoms with Gasteiger partial charge in [0.05, 0.1) is 16.7 Å². The van der Waals surface area contributed by atoms with Gasteiger partial charge in [0.1, 0.15) is 11.6 Å². The fourth-order valence-corrected chi connectivity index (χ4v) is 4.55. The first kappa shape index (κ1) is 20.3. The van der Waals surface area contributed by atoms with E-state index in [0.717, 1.165) is 30.3 Å². The molecule has 1 aliphatic rings. The summed E-state index contributed by atoms with van der Waals surface area (Å²) >= 11 is 1.73. The monoisotopic (exact) mass is 395 g/mol. The Hall–Kier alpha value is -1.41. The Balaban J connectivity index is 1.54. The summed E-state index contributed by atoms with van der Waals surface area (Å²) in [6.45, 7) is 4.68. The number of nitrogens with one attached hydrogen (secondary N) is 1. The van der Waals surface area contributed by atoms with Gasteiger partial charge in [-0.1, -0.05) is 13.8 Å². The summed E-state index contributed by atoms with van der Waals surface area (Å²) in [5.74, 6) is -0.701. The van der Waals surface area contributed by atoms with Crippen molar-refractivity contribution in [2.24, 2.45) is 11.7 Å². The maximum absolute atomic E-state index is 13.3. The second kappa shape index (κ2) is 8.31. The summed E-state index contributed by atoms with van der Waals surface area (Å²) in [4.78, 5) is 5.72. The molecule has 0 bridgehead atoms. The SMILES string of the molecule is CC(C)Cc1ncc(C2(NC[C@@H](O)C(N)Cc3cc(F)cc(F)c3)CC2)s1. The van der Waals surface area contributed by atoms with Crippen LogP contribution >= 0.6 is 11.3 Å². The molecular weight excluding hydrogens is 368 g/mol. The van der Waals surface area contributed by atoms with Crippen molar-refractivity contribution in [1.82, 2.24) is 10.3 Å². The quantitative estimate of drug-likeness (QED) is 0.610. The standard InChI is InChI=1S/C20H27F2N3OS/c1-12(2)5-19-24-11-18(27-19)20(3-4-20)25-10-17(26)16(23)8-13-6-14(21)9-15(22)7-13/h6-7,9,11-12,16-17,25-26H,3-5,8,10,23H2,1-2H3/t16?,17-/m1/s1. The summed E-state index contributed by atoms with van der Waals surface area (Å²) in [6, 6.07) is 2.72. The van der Waals surface area contributed by atoms with Crippen LogP contribution in [0.1, 0.15) is 42.1 Å². The average molecular weight is 396 g/mol. The zero-order valence-electron chi connectivity index (χ0n) is 15.7. The Morgan fingerprint density at radius 2 is 1.89 bits per heavy atom. The largest absolute Gasteiger partial charge is 0.390 e. The van der Waals surface area contributed by atoms with Gasteiger partial charge in [-0.2, -0.15) is 0 Å². The van der Waals surface area contributed by atoms with Gasteiger partial charge in [-0.3, -0.25) is 0 Å². The van der Waals surface area contributed by atoms with E-state index in [0.29, 0.717) is 18.0 Å². The molecule has 3 rings (SSSR count). The third kappa shape index (κ3) is 5.31. The number of rotatable bonds is 9. The van der Waals surface area contributed by atoms with E-state index >= 15 is 0 Å². The highest BCUT2D eigenvalue weighted by molar-refractivity contribution is 7.11. The van der Waals surface area contributed by atoms with E-state index in [1.165, 1.54) is 17.0 Å². The van der Waals surface area contributed by atoms with Crippen LogP contribution in [0.25, 0.3) is 0 Å². The van der Waals surface area contributed by atoms with E-state index < -0.39 is 23.8 Å². The molecule has 2 aromatic rings. The summed E-state index contributed by atoms with van der Waals surface area (Å²) in [5.41, 5.74) is 6.38. The highest BCUT2D eigenvalue weighted by atomic mass is 32.1. The number of hydrogen-bond acceptors (Lipinski definition) is 5. The topological polar surface area (TPSA) is 71.2 Å². The normalized spacial score (nSPS) is 17.9. The number of nitrogens with zero attached hydrogens (tertiary/aromatic N) is 1. The van der Waals surface area contributed by atoms with Crippen molar-refractivity contribution in [1.29, 1.82) is 0 Å². The highest BCUT2D eigenvalue weighted by Crippen LogP contribution is 2.47. The Morgan fingerprint density at radius 1 is 1.22 bits per heavy atom. The van der Waals surface area contributed by atoms with Crippen LogP contribution in [-0.4, -0.2) is 28.8 Å². The third-order valence-corrected chi connectivity index (χ3v) is 6.12. The summed E-state index contributed by atoms with van der Waals surface area (Å²) < 4.78 is 26.6. The molecule has 4 nitrogen and oxygen atoms in total. The molecule has 1 aliphatic carbocycles. The lowest BCUT2D eigenvalue weighted by molar-refractivity contribution is 0.136. The van der Waals surface area contributed by atoms with Crippen LogP contribution in [0.15, 0.2) is 24.4 Å². The second-order valence-corrected chi connectivity index (χ2v) is 9.01. The molecule has 0 amide bonds. The lowest BCUT2D eigenvalue weighted by atomic mass is 10.0. The molecule has 1 aromatic heterocycles. The number of benzene rings is 1. The number of nitrogens with two attached hydrogens (primary N) is 1. The molecule has 0 spiro atoms. The summed E-state index contributed by atoms with van der Waals surface area (Å²) in [7, 11) is 0. The molecule has 1 saturated carbocycles. The first-order chi connectivity index (χ1) is 12.8. The van der Waals surface area contributed by atoms with E-state index in [-0.39, 0.29) is 12.0 Å². The van der Waals surface area contributed by atoms with Gasteiger partial charge in [-0.15, -0.1) is 11.3 Å². The van der Waals surface area contributed by atoms with Crippen molar-refractivity contribution in [3.8, 4) is 0 Å². The molecule has 2 atom stereocenters. The molecule has 0 saturated heterocycles. The van der Waals surface area contributed by atoms with Gasteiger partial charge in [-0.25, -0.2) is 13.8 Å². The molecule has 1 aromatic carbocycles. The molecule has 0 aliphatic heterocycles. The van der Waals surface area contributed by atoms with Crippen LogP contribution in [0.5, 0.6) is 0 Å². The van der Waals surface area contributed by atoms with Gasteiger partial charge in [0.2, 0.25) is 0 Å². The van der Waals surface area contributed by atoms with E-state index in [9.17, 15) is 13.9 Å². The van der Waals surface area contributed by atoms with Gasteiger partial charge in [-0.05, 0) is 42.9 Å². The zero-order valence-corrected chi connectivity index (χ0v) is 16.5. The maximum Gasteiger partial charge on any atom is 0.126 e. The minimum absolute atomic E-state index is 0.113. The molecule has 4 N–H and O–H groups in total. The minimum Gasteiger partial charge on any atom is -0.390 e. The second-order valence-electron chi connectivity index (χ2n) is 7.89. The molecule has 27 heavy (non-hydrogen) atoms. The summed E-state index contributed by atoms with van der Waals surface area (Å²) in [6.07, 6.45) is 4.32. The first-order valence-corrected chi connectivity index (χ1v) is 10.2. The fourth-order valence-electron chi connectivity index (χ4n) is 3.20. The van der Waals surface area contributed by atoms with Crippen LogP contribution < -0.4 is 11.1 Å². The maximum atomic E-state index is 13.3. The van der Waals surface area contributed by atoms with E-state index in [4.69, 9.17) is 5.73 Å². The van der Waals surface area contributed by atoms with E-state index in [1.807, 2.05) is 6.20 Å². The molecular formula is C20H27F2N3OS. The van der Waals surface area contributed by atoms with Gasteiger partial charge in [0.15, 0.2) is 0 Å². The smallest absolute Gasteiger partial charge is 0.126 e. The van der Waals surface area contributed by atoms with Crippen LogP contribution in [0, 0.1) is 17.6 Å². The lowest BCUT2D eigenvalue weighted by Crippen LogP contribution is -2.45. The fraction of sp³-hybridized carbons (Fsp3) is 0.550. The van der Waals surface area contributed by atoms with E-state index in [2.05, 4.69) is 24.1 Å². The number of hydrogen-bond donors (Lipinski definition) is 3. The Bertz CT molecular complexity index is 756. The number of thiazole rings is 1. The molecule has 7 heteroatoms. The Morgan fingerprint density at radius 3 is 2.48 bits per heavy atom. The van der Waals surface area contributed by atoms with Gasteiger partial charge < -0.3 is 16.2 Å². The number of halogens is 2. The Labute approximate surface area is 162 Å². The van der Waals surface area contributed by atoms with Crippen molar-refractivity contribution in [2.45, 2.75) is 57.2 Å². The predicted octanol–water partition coefficient (Wildman–Crippen LogP) is 3.13. The van der Waals surface area contributed by atoms with E-state index in [1.54, 1.807) is 11.3 Å². The number of aromatic nitrogens is 1. The van der Waals surface area contributed by atoms with Gasteiger partial charge >= 0.3 is 0 Å². The van der Waals surface area contributed by atoms with Crippen LogP contribution in [-0.2, 0) is 18.4 Å². The molecule has 148 valence electrons. The predicted molar refractivity (Wildman–Crippen MR) is 104 cm³/mol. The first-order valence-electron chi connectivity index (χ1n) is 9.36. The minimum atomic E-state index is -0.808. The zero-order chi connectivity index (χ0) is 19.6. The van der Waals surface area contributed by atoms with Crippen molar-refractivity contribution in [2.75, 3.05) is 6.54 Å². The van der Waals surface area contributed by atoms with Gasteiger partial charge in [0, 0.05) is 36.1 Å². The van der Waals surface area contributed by atoms with Crippen LogP contribution in [0.3, 0.4) is 0 Å². The average Bonchev–Trinajstić information content (AvgIpc) is 3.22. The molecule has 1 heterocycles. The van der Waals surface area contributed by atoms with Gasteiger partial charge in [0.25, 0.3) is 0 Å². The highest BCUT2D eigenvalue weighted by Gasteiger charge is 2.45. The number of aliphatic hydroxyl groups excluding tert-OH is 1. The third-order valence-electron chi connectivity index (χ3n) is 4.90. The van der Waals surface area contributed by atoms with Crippen molar-refractivity contribution in [3.63, 3.8) is 0 Å². The molecule has 0 radical (unpaired) electrons. The Kier molecular flexibility index (Phi) is 6.25. The van der Waals surface area contributed by atoms with Crippen LogP contribution in [0.2, 0.25) is 0 Å². The lowest BCUT2D eigenvalue weighted by Gasteiger charge is -2.23. The van der Waals surface area contributed by atoms with Crippen molar-refractivity contribution >= 4 is 11.3 Å². The van der Waals surface area contributed by atoms with Crippen LogP contribution in [0.4, 0.5) is 8.78 Å². The van der Waals surface area contributed by atoms with Crippen molar-refractivity contribution < 1.29 is 13.9 Å². The molecule has 1 unspecified atom stereocenters. The number of aliphatic hydroxyl groups is 1. The summed E-state index contributed by atoms with van der Waals surface area (Å²) in [5, 5.41) is 15.0.